The molecule has 140 valence electrons. The first-order valence-electron chi connectivity index (χ1n) is 8.27. The molecular formula is C17H27N2O5P. The Hall–Kier alpha value is -1.40. The highest BCUT2D eigenvalue weighted by atomic mass is 31.2. The Morgan fingerprint density at radius 1 is 1.36 bits per heavy atom. The number of rotatable bonds is 7. The van der Waals surface area contributed by atoms with Crippen molar-refractivity contribution in [3.8, 4) is 0 Å². The summed E-state index contributed by atoms with van der Waals surface area (Å²) in [4.78, 5) is 26.3. The molecule has 1 saturated heterocycles. The third kappa shape index (κ3) is 4.82. The first-order valence-corrected chi connectivity index (χ1v) is 11.3. The molecule has 7 nitrogen and oxygen atoms in total. The van der Waals surface area contributed by atoms with Crippen molar-refractivity contribution in [2.75, 3.05) is 19.5 Å². The molecule has 0 radical (unpaired) electrons. The minimum Gasteiger partial charge on any atom is -0.388 e. The second-order valence-corrected chi connectivity index (χ2v) is 11.5. The number of aliphatic hydroxyl groups excluding tert-OH is 2. The normalized spacial score (nSPS) is 26.7. The van der Waals surface area contributed by atoms with E-state index in [1.54, 1.807) is 6.08 Å². The molecule has 0 saturated carbocycles. The molecule has 8 heteroatoms. The molecule has 1 aliphatic heterocycles. The Bertz CT molecular complexity index is 778. The highest BCUT2D eigenvalue weighted by Crippen LogP contribution is 2.40. The van der Waals surface area contributed by atoms with Crippen molar-refractivity contribution in [2.45, 2.75) is 43.8 Å². The SMILES string of the molecule is C=CCCn1cc([C@@H]2O[C@H](CCP(=C)(C)C)[C@@H](O)[C@H]2O)c(=O)[nH]c1=O. The van der Waals surface area contributed by atoms with Crippen LogP contribution in [0.1, 0.15) is 24.5 Å². The lowest BCUT2D eigenvalue weighted by Crippen LogP contribution is -2.35. The van der Waals surface area contributed by atoms with Crippen LogP contribution in [0.4, 0.5) is 0 Å². The van der Waals surface area contributed by atoms with Crippen LogP contribution in [-0.4, -0.2) is 63.9 Å². The highest BCUT2D eigenvalue weighted by molar-refractivity contribution is 7.72. The predicted molar refractivity (Wildman–Crippen MR) is 101 cm³/mol. The van der Waals surface area contributed by atoms with E-state index in [1.807, 2.05) is 0 Å². The maximum Gasteiger partial charge on any atom is 0.328 e. The third-order valence-corrected chi connectivity index (χ3v) is 5.77. The number of hydrogen-bond acceptors (Lipinski definition) is 5. The van der Waals surface area contributed by atoms with E-state index in [9.17, 15) is 19.8 Å². The van der Waals surface area contributed by atoms with Crippen LogP contribution in [0.5, 0.6) is 0 Å². The summed E-state index contributed by atoms with van der Waals surface area (Å²) in [5.41, 5.74) is -0.994. The Morgan fingerprint density at radius 2 is 2.04 bits per heavy atom. The molecule has 25 heavy (non-hydrogen) atoms. The van der Waals surface area contributed by atoms with E-state index < -0.39 is 42.6 Å². The fourth-order valence-electron chi connectivity index (χ4n) is 2.85. The van der Waals surface area contributed by atoms with E-state index in [0.717, 1.165) is 6.16 Å². The van der Waals surface area contributed by atoms with E-state index in [-0.39, 0.29) is 5.56 Å². The van der Waals surface area contributed by atoms with Gasteiger partial charge in [-0.1, -0.05) is 6.08 Å². The molecule has 0 unspecified atom stereocenters. The van der Waals surface area contributed by atoms with Gasteiger partial charge in [-0.05, 0) is 32.3 Å². The lowest BCUT2D eigenvalue weighted by molar-refractivity contribution is 0.00494. The van der Waals surface area contributed by atoms with Crippen molar-refractivity contribution in [3.05, 3.63) is 45.3 Å². The Morgan fingerprint density at radius 3 is 2.64 bits per heavy atom. The number of aryl methyl sites for hydroxylation is 1. The van der Waals surface area contributed by atoms with Gasteiger partial charge in [0.05, 0.1) is 11.7 Å². The number of H-pyrrole nitrogens is 1. The molecule has 1 aromatic heterocycles. The molecule has 0 aromatic carbocycles. The largest absolute Gasteiger partial charge is 0.388 e. The molecule has 1 fully saturated rings. The molecule has 2 heterocycles. The number of ether oxygens (including phenoxy) is 1. The summed E-state index contributed by atoms with van der Waals surface area (Å²) >= 11 is 0. The van der Waals surface area contributed by atoms with E-state index >= 15 is 0 Å². The first kappa shape index (κ1) is 19.9. The van der Waals surface area contributed by atoms with E-state index in [1.165, 1.54) is 10.8 Å². The minimum absolute atomic E-state index is 0.140. The fraction of sp³-hybridized carbons (Fsp3) is 0.588. The molecule has 0 amide bonds. The molecule has 3 N–H and O–H groups in total. The van der Waals surface area contributed by atoms with Crippen LogP contribution in [-0.2, 0) is 11.3 Å². The van der Waals surface area contributed by atoms with Crippen LogP contribution >= 0.6 is 6.89 Å². The summed E-state index contributed by atoms with van der Waals surface area (Å²) in [6.45, 7) is 6.85. The maximum absolute atomic E-state index is 12.2. The number of aromatic amines is 1. The van der Waals surface area contributed by atoms with Gasteiger partial charge >= 0.3 is 5.69 Å². The number of hydrogen-bond donors (Lipinski definition) is 3. The number of aromatic nitrogens is 2. The molecule has 0 aliphatic carbocycles. The zero-order valence-corrected chi connectivity index (χ0v) is 15.6. The van der Waals surface area contributed by atoms with Gasteiger partial charge in [0.15, 0.2) is 0 Å². The standard InChI is InChI=1S/C17H27N2O5P/c1-5-6-8-19-10-11(16(22)18-17(19)23)15-14(21)13(20)12(24-15)7-9-25(2,3)4/h5,10,12-15,20-21H,1-2,6-9H2,3-4H3,(H,18,22,23)/t12-,13-,14-,15+/m1/s1. The highest BCUT2D eigenvalue weighted by Gasteiger charge is 2.44. The quantitative estimate of drug-likeness (QED) is 0.475. The van der Waals surface area contributed by atoms with Crippen LogP contribution in [0, 0.1) is 0 Å². The van der Waals surface area contributed by atoms with Crippen molar-refractivity contribution in [3.63, 3.8) is 0 Å². The van der Waals surface area contributed by atoms with E-state index in [4.69, 9.17) is 4.74 Å². The molecule has 0 spiro atoms. The van der Waals surface area contributed by atoms with Gasteiger partial charge in [0.25, 0.3) is 5.56 Å². The lowest BCUT2D eigenvalue weighted by atomic mass is 10.0. The van der Waals surface area contributed by atoms with Gasteiger partial charge in [-0.2, -0.15) is 0 Å². The van der Waals surface area contributed by atoms with Gasteiger partial charge in [-0.3, -0.25) is 14.3 Å². The smallest absolute Gasteiger partial charge is 0.328 e. The van der Waals surface area contributed by atoms with Crippen molar-refractivity contribution in [1.29, 1.82) is 0 Å². The maximum atomic E-state index is 12.2. The number of allylic oxidation sites excluding steroid dienone is 1. The Labute approximate surface area is 146 Å². The van der Waals surface area contributed by atoms with Gasteiger partial charge < -0.3 is 14.9 Å². The van der Waals surface area contributed by atoms with Crippen molar-refractivity contribution in [1.82, 2.24) is 9.55 Å². The molecule has 2 rings (SSSR count). The van der Waals surface area contributed by atoms with Crippen molar-refractivity contribution >= 4 is 13.2 Å². The average molecular weight is 370 g/mol. The van der Waals surface area contributed by atoms with Gasteiger partial charge in [-0.25, -0.2) is 4.79 Å². The van der Waals surface area contributed by atoms with Gasteiger partial charge in [0.1, 0.15) is 18.3 Å². The second-order valence-electron chi connectivity index (χ2n) is 7.14. The number of nitrogens with one attached hydrogen (secondary N) is 1. The second kappa shape index (κ2) is 7.87. The summed E-state index contributed by atoms with van der Waals surface area (Å²) in [5, 5.41) is 20.6. The topological polar surface area (TPSA) is 105 Å². The van der Waals surface area contributed by atoms with Crippen LogP contribution in [0.3, 0.4) is 0 Å². The van der Waals surface area contributed by atoms with Gasteiger partial charge in [-0.15, -0.1) is 19.8 Å². The third-order valence-electron chi connectivity index (χ3n) is 4.30. The summed E-state index contributed by atoms with van der Waals surface area (Å²) in [5.74, 6) is 0. The summed E-state index contributed by atoms with van der Waals surface area (Å²) in [6.07, 6.45) is 5.30. The van der Waals surface area contributed by atoms with E-state index in [0.29, 0.717) is 19.4 Å². The summed E-state index contributed by atoms with van der Waals surface area (Å²) in [6, 6.07) is 0. The molecule has 4 atom stereocenters. The monoisotopic (exact) mass is 370 g/mol. The molecular weight excluding hydrogens is 343 g/mol. The lowest BCUT2D eigenvalue weighted by Gasteiger charge is -2.18. The van der Waals surface area contributed by atoms with Gasteiger partial charge in [0, 0.05) is 12.7 Å². The van der Waals surface area contributed by atoms with E-state index in [2.05, 4.69) is 31.2 Å². The summed E-state index contributed by atoms with van der Waals surface area (Å²) in [7, 11) is 0. The first-order chi connectivity index (χ1) is 11.6. The van der Waals surface area contributed by atoms with Crippen LogP contribution in [0.15, 0.2) is 28.4 Å². The number of aliphatic hydroxyl groups is 2. The zero-order valence-electron chi connectivity index (χ0n) is 14.7. The number of nitrogens with zero attached hydrogens (tertiary/aromatic N) is 1. The molecule has 1 aromatic rings. The molecule has 1 aliphatic rings. The van der Waals surface area contributed by atoms with Crippen LogP contribution in [0.2, 0.25) is 0 Å². The fourth-order valence-corrected chi connectivity index (χ4v) is 3.80. The zero-order chi connectivity index (χ0) is 18.8. The Kier molecular flexibility index (Phi) is 6.27. The van der Waals surface area contributed by atoms with Crippen molar-refractivity contribution in [2.24, 2.45) is 0 Å². The average Bonchev–Trinajstić information content (AvgIpc) is 2.80. The Balaban J connectivity index is 2.26. The molecule has 0 bridgehead atoms. The van der Waals surface area contributed by atoms with Crippen LogP contribution in [0.25, 0.3) is 0 Å². The van der Waals surface area contributed by atoms with Crippen LogP contribution < -0.4 is 11.2 Å². The minimum atomic E-state index is -1.29. The summed E-state index contributed by atoms with van der Waals surface area (Å²) < 4.78 is 7.13. The van der Waals surface area contributed by atoms with Crippen molar-refractivity contribution < 1.29 is 14.9 Å². The predicted octanol–water partition coefficient (Wildman–Crippen LogP) is 0.374. The van der Waals surface area contributed by atoms with Gasteiger partial charge in [0.2, 0.25) is 0 Å².